The summed E-state index contributed by atoms with van der Waals surface area (Å²) in [6.45, 7) is 4.67. The Kier molecular flexibility index (Phi) is 5.13. The van der Waals surface area contributed by atoms with Gasteiger partial charge in [0, 0.05) is 30.9 Å². The maximum Gasteiger partial charge on any atom is 0.418 e. The van der Waals surface area contributed by atoms with Gasteiger partial charge in [-0.2, -0.15) is 13.2 Å². The van der Waals surface area contributed by atoms with E-state index in [1.54, 1.807) is 0 Å². The number of anilines is 1. The molecule has 3 rings (SSSR count). The van der Waals surface area contributed by atoms with Crippen molar-refractivity contribution in [1.82, 2.24) is 4.90 Å². The van der Waals surface area contributed by atoms with Crippen LogP contribution in [0.2, 0.25) is 0 Å². The first kappa shape index (κ1) is 17.3. The lowest BCUT2D eigenvalue weighted by atomic mass is 9.95. The number of alkyl halides is 3. The second-order valence-electron chi connectivity index (χ2n) is 6.83. The third kappa shape index (κ3) is 3.91. The maximum atomic E-state index is 13.3. The minimum absolute atomic E-state index is 0.0648. The van der Waals surface area contributed by atoms with Crippen molar-refractivity contribution in [1.29, 1.82) is 0 Å². The Morgan fingerprint density at radius 2 is 1.75 bits per heavy atom. The van der Waals surface area contributed by atoms with Gasteiger partial charge < -0.3 is 9.80 Å². The molecule has 1 aromatic rings. The molecule has 2 aliphatic rings. The van der Waals surface area contributed by atoms with Gasteiger partial charge in [-0.1, -0.05) is 0 Å². The molecular weight excluding hydrogens is 317 g/mol. The average molecular weight is 340 g/mol. The molecule has 2 heterocycles. The summed E-state index contributed by atoms with van der Waals surface area (Å²) in [5.74, 6) is 0.572. The smallest absolute Gasteiger partial charge is 0.371 e. The highest BCUT2D eigenvalue weighted by Crippen LogP contribution is 2.38. The van der Waals surface area contributed by atoms with Gasteiger partial charge in [0.15, 0.2) is 0 Å². The van der Waals surface area contributed by atoms with Crippen molar-refractivity contribution in [3.63, 3.8) is 0 Å². The summed E-state index contributed by atoms with van der Waals surface area (Å²) >= 11 is 0. The Morgan fingerprint density at radius 1 is 1.08 bits per heavy atom. The number of piperidine rings is 1. The van der Waals surface area contributed by atoms with Crippen molar-refractivity contribution in [2.75, 3.05) is 37.6 Å². The van der Waals surface area contributed by atoms with Crippen molar-refractivity contribution >= 4 is 12.0 Å². The third-order valence-corrected chi connectivity index (χ3v) is 5.13. The Bertz CT molecular complexity index is 574. The van der Waals surface area contributed by atoms with Crippen LogP contribution < -0.4 is 4.90 Å². The third-order valence-electron chi connectivity index (χ3n) is 5.13. The SMILES string of the molecule is O=Cc1ccc(N2CCC(CN3CCCC3)CC2)c(C(F)(F)F)c1. The highest BCUT2D eigenvalue weighted by molar-refractivity contribution is 5.77. The van der Waals surface area contributed by atoms with Crippen LogP contribution in [0.5, 0.6) is 0 Å². The number of hydrogen-bond donors (Lipinski definition) is 0. The fourth-order valence-corrected chi connectivity index (χ4v) is 3.82. The van der Waals surface area contributed by atoms with Crippen LogP contribution in [0.1, 0.15) is 41.6 Å². The van der Waals surface area contributed by atoms with Crippen LogP contribution in [0.4, 0.5) is 18.9 Å². The van der Waals surface area contributed by atoms with E-state index in [0.717, 1.165) is 38.5 Å². The highest BCUT2D eigenvalue weighted by atomic mass is 19.4. The summed E-state index contributed by atoms with van der Waals surface area (Å²) in [4.78, 5) is 15.1. The Hall–Kier alpha value is -1.56. The lowest BCUT2D eigenvalue weighted by Gasteiger charge is -2.36. The molecule has 0 N–H and O–H groups in total. The van der Waals surface area contributed by atoms with Crippen LogP contribution in [0, 0.1) is 5.92 Å². The van der Waals surface area contributed by atoms with Gasteiger partial charge in [0.25, 0.3) is 0 Å². The van der Waals surface area contributed by atoms with Gasteiger partial charge in [-0.25, -0.2) is 0 Å². The van der Waals surface area contributed by atoms with Gasteiger partial charge in [-0.3, -0.25) is 4.79 Å². The molecule has 0 bridgehead atoms. The fourth-order valence-electron chi connectivity index (χ4n) is 3.82. The summed E-state index contributed by atoms with van der Waals surface area (Å²) in [6, 6.07) is 3.86. The predicted octanol–water partition coefficient (Wildman–Crippen LogP) is 3.83. The van der Waals surface area contributed by atoms with Gasteiger partial charge in [-0.15, -0.1) is 0 Å². The first-order chi connectivity index (χ1) is 11.5. The zero-order chi connectivity index (χ0) is 17.2. The van der Waals surface area contributed by atoms with Crippen LogP contribution in [0.3, 0.4) is 0 Å². The predicted molar refractivity (Wildman–Crippen MR) is 87.4 cm³/mol. The molecule has 0 spiro atoms. The molecule has 6 heteroatoms. The van der Waals surface area contributed by atoms with Crippen LogP contribution in [-0.4, -0.2) is 43.9 Å². The molecule has 3 nitrogen and oxygen atoms in total. The van der Waals surface area contributed by atoms with E-state index in [4.69, 9.17) is 0 Å². The molecule has 24 heavy (non-hydrogen) atoms. The number of halogens is 3. The topological polar surface area (TPSA) is 23.6 Å². The quantitative estimate of drug-likeness (QED) is 0.778. The first-order valence-electron chi connectivity index (χ1n) is 8.61. The Balaban J connectivity index is 1.68. The lowest BCUT2D eigenvalue weighted by molar-refractivity contribution is -0.137. The number of rotatable bonds is 4. The zero-order valence-electron chi connectivity index (χ0n) is 13.7. The molecule has 0 atom stereocenters. The Labute approximate surface area is 140 Å². The summed E-state index contributed by atoms with van der Waals surface area (Å²) in [5.41, 5.74) is -0.437. The number of benzene rings is 1. The standard InChI is InChI=1S/C18H23F3N2O/c19-18(20,21)16-11-15(13-24)3-4-17(16)23-9-5-14(6-10-23)12-22-7-1-2-8-22/h3-4,11,13-14H,1-2,5-10,12H2. The van der Waals surface area contributed by atoms with E-state index >= 15 is 0 Å². The molecule has 0 saturated carbocycles. The number of nitrogens with zero attached hydrogens (tertiary/aromatic N) is 2. The van der Waals surface area contributed by atoms with Crippen LogP contribution >= 0.6 is 0 Å². The van der Waals surface area contributed by atoms with Gasteiger partial charge >= 0.3 is 6.18 Å². The minimum atomic E-state index is -4.44. The van der Waals surface area contributed by atoms with E-state index in [-0.39, 0.29) is 11.3 Å². The lowest BCUT2D eigenvalue weighted by Crippen LogP contribution is -2.38. The van der Waals surface area contributed by atoms with Crippen LogP contribution in [0.25, 0.3) is 0 Å². The molecule has 0 unspecified atom stereocenters. The van der Waals surface area contributed by atoms with Crippen molar-refractivity contribution < 1.29 is 18.0 Å². The van der Waals surface area contributed by atoms with E-state index in [1.165, 1.54) is 25.0 Å². The minimum Gasteiger partial charge on any atom is -0.371 e. The van der Waals surface area contributed by atoms with Gasteiger partial charge in [0.1, 0.15) is 6.29 Å². The second-order valence-corrected chi connectivity index (χ2v) is 6.83. The summed E-state index contributed by atoms with van der Waals surface area (Å²) in [7, 11) is 0. The monoisotopic (exact) mass is 340 g/mol. The molecule has 0 radical (unpaired) electrons. The van der Waals surface area contributed by atoms with Crippen molar-refractivity contribution in [3.05, 3.63) is 29.3 Å². The first-order valence-corrected chi connectivity index (χ1v) is 8.61. The number of carbonyl (C=O) groups is 1. The van der Waals surface area contributed by atoms with E-state index in [9.17, 15) is 18.0 Å². The zero-order valence-corrected chi connectivity index (χ0v) is 13.7. The number of hydrogen-bond acceptors (Lipinski definition) is 3. The van der Waals surface area contributed by atoms with Crippen LogP contribution in [0.15, 0.2) is 18.2 Å². The number of carbonyl (C=O) groups excluding carboxylic acids is 1. The van der Waals surface area contributed by atoms with Gasteiger partial charge in [0.2, 0.25) is 0 Å². The van der Waals surface area contributed by atoms with Crippen LogP contribution in [-0.2, 0) is 6.18 Å². The normalized spacial score (nSPS) is 20.5. The molecule has 2 fully saturated rings. The number of aldehydes is 1. The fraction of sp³-hybridized carbons (Fsp3) is 0.611. The molecular formula is C18H23F3N2O. The van der Waals surface area contributed by atoms with Gasteiger partial charge in [-0.05, 0) is 62.9 Å². The molecule has 132 valence electrons. The molecule has 0 aliphatic carbocycles. The van der Waals surface area contributed by atoms with Gasteiger partial charge in [0.05, 0.1) is 5.56 Å². The Morgan fingerprint density at radius 3 is 2.33 bits per heavy atom. The van der Waals surface area contributed by atoms with E-state index in [2.05, 4.69) is 4.90 Å². The molecule has 2 saturated heterocycles. The van der Waals surface area contributed by atoms with E-state index in [1.807, 2.05) is 4.90 Å². The largest absolute Gasteiger partial charge is 0.418 e. The molecule has 2 aliphatic heterocycles. The second kappa shape index (κ2) is 7.13. The molecule has 0 aromatic heterocycles. The van der Waals surface area contributed by atoms with Crippen molar-refractivity contribution in [2.45, 2.75) is 31.9 Å². The maximum absolute atomic E-state index is 13.3. The summed E-state index contributed by atoms with van der Waals surface area (Å²) in [6.07, 6.45) is 0.377. The average Bonchev–Trinajstić information content (AvgIpc) is 3.07. The summed E-state index contributed by atoms with van der Waals surface area (Å²) < 4.78 is 40.0. The van der Waals surface area contributed by atoms with E-state index < -0.39 is 11.7 Å². The molecule has 1 aromatic carbocycles. The highest BCUT2D eigenvalue weighted by Gasteiger charge is 2.36. The molecule has 0 amide bonds. The number of likely N-dealkylation sites (tertiary alicyclic amines) is 1. The summed E-state index contributed by atoms with van der Waals surface area (Å²) in [5, 5.41) is 0. The van der Waals surface area contributed by atoms with E-state index in [0.29, 0.717) is 25.3 Å². The van der Waals surface area contributed by atoms with Crippen molar-refractivity contribution in [2.24, 2.45) is 5.92 Å². The van der Waals surface area contributed by atoms with Crippen molar-refractivity contribution in [3.8, 4) is 0 Å².